The molecule has 1 heterocycles. The number of carbonyl (C=O) groups is 1. The lowest BCUT2D eigenvalue weighted by Crippen LogP contribution is -1.92. The van der Waals surface area contributed by atoms with E-state index in [0.29, 0.717) is 18.3 Å². The summed E-state index contributed by atoms with van der Waals surface area (Å²) < 4.78 is 6.88. The second-order valence-electron chi connectivity index (χ2n) is 4.04. The van der Waals surface area contributed by atoms with E-state index >= 15 is 0 Å². The molecule has 1 aliphatic carbocycles. The van der Waals surface area contributed by atoms with Crippen molar-refractivity contribution in [3.63, 3.8) is 0 Å². The lowest BCUT2D eigenvalue weighted by atomic mass is 10.2. The number of aromatic hydroxyl groups is 1. The first-order chi connectivity index (χ1) is 7.79. The quantitative estimate of drug-likeness (QED) is 0.802. The smallest absolute Gasteiger partial charge is 0.298 e. The summed E-state index contributed by atoms with van der Waals surface area (Å²) in [6, 6.07) is 5.65. The third-order valence-corrected chi connectivity index (χ3v) is 2.91. The molecular formula is C12H11NO3. The van der Waals surface area contributed by atoms with Crippen LogP contribution in [0.25, 0.3) is 10.9 Å². The summed E-state index contributed by atoms with van der Waals surface area (Å²) in [5.41, 5.74) is 0.916. The van der Waals surface area contributed by atoms with E-state index in [1.165, 1.54) is 18.9 Å². The van der Waals surface area contributed by atoms with E-state index in [2.05, 4.69) is 4.57 Å². The van der Waals surface area contributed by atoms with Gasteiger partial charge < -0.3 is 14.4 Å². The molecular weight excluding hydrogens is 206 g/mol. The van der Waals surface area contributed by atoms with E-state index in [-0.39, 0.29) is 5.75 Å². The number of carbonyl (C=O) groups excluding carboxylic acids is 1. The Labute approximate surface area is 92.1 Å². The van der Waals surface area contributed by atoms with Crippen LogP contribution in [0, 0.1) is 0 Å². The summed E-state index contributed by atoms with van der Waals surface area (Å²) in [5.74, 6) is 0.523. The van der Waals surface area contributed by atoms with Gasteiger partial charge in [-0.05, 0) is 18.9 Å². The monoisotopic (exact) mass is 217 g/mol. The van der Waals surface area contributed by atoms with Crippen LogP contribution in [0.5, 0.6) is 11.5 Å². The number of phenols is 1. The second-order valence-corrected chi connectivity index (χ2v) is 4.04. The van der Waals surface area contributed by atoms with Crippen LogP contribution in [0.3, 0.4) is 0 Å². The molecule has 3 rings (SSSR count). The van der Waals surface area contributed by atoms with Gasteiger partial charge in [0.2, 0.25) is 0 Å². The van der Waals surface area contributed by atoms with E-state index in [1.54, 1.807) is 6.07 Å². The molecule has 0 bridgehead atoms. The molecule has 0 unspecified atom stereocenters. The van der Waals surface area contributed by atoms with Crippen molar-refractivity contribution in [1.82, 2.24) is 4.57 Å². The Hall–Kier alpha value is -1.97. The van der Waals surface area contributed by atoms with Gasteiger partial charge in [0.25, 0.3) is 6.47 Å². The summed E-state index contributed by atoms with van der Waals surface area (Å²) in [6.07, 6.45) is 4.30. The molecule has 4 nitrogen and oxygen atoms in total. The maximum Gasteiger partial charge on any atom is 0.298 e. The largest absolute Gasteiger partial charge is 0.507 e. The van der Waals surface area contributed by atoms with Crippen molar-refractivity contribution in [3.05, 3.63) is 24.4 Å². The summed E-state index contributed by atoms with van der Waals surface area (Å²) in [7, 11) is 0. The van der Waals surface area contributed by atoms with Crippen molar-refractivity contribution in [1.29, 1.82) is 0 Å². The molecule has 1 fully saturated rings. The molecule has 1 aromatic carbocycles. The summed E-state index contributed by atoms with van der Waals surface area (Å²) in [5, 5.41) is 10.6. The first-order valence-electron chi connectivity index (χ1n) is 5.23. The number of ether oxygens (including phenoxy) is 1. The number of benzene rings is 1. The third-order valence-electron chi connectivity index (χ3n) is 2.91. The average Bonchev–Trinajstić information content (AvgIpc) is 3.00. The highest BCUT2D eigenvalue weighted by atomic mass is 16.5. The summed E-state index contributed by atoms with van der Waals surface area (Å²) in [6.45, 7) is 0.366. The molecule has 1 aromatic heterocycles. The fraction of sp³-hybridized carbons (Fsp3) is 0.250. The fourth-order valence-electron chi connectivity index (χ4n) is 2.01. The number of rotatable bonds is 3. The molecule has 0 spiro atoms. The topological polar surface area (TPSA) is 51.5 Å². The van der Waals surface area contributed by atoms with Gasteiger partial charge in [0.1, 0.15) is 11.5 Å². The highest BCUT2D eigenvalue weighted by molar-refractivity contribution is 5.88. The minimum absolute atomic E-state index is 0.147. The zero-order valence-electron chi connectivity index (χ0n) is 8.59. The van der Waals surface area contributed by atoms with Crippen molar-refractivity contribution in [3.8, 4) is 11.5 Å². The van der Waals surface area contributed by atoms with Crippen molar-refractivity contribution in [2.45, 2.75) is 18.9 Å². The summed E-state index contributed by atoms with van der Waals surface area (Å²) >= 11 is 0. The van der Waals surface area contributed by atoms with E-state index in [1.807, 2.05) is 12.3 Å². The zero-order valence-corrected chi connectivity index (χ0v) is 8.59. The Kier molecular flexibility index (Phi) is 1.89. The maximum atomic E-state index is 10.3. The van der Waals surface area contributed by atoms with Crippen LogP contribution >= 0.6 is 0 Å². The van der Waals surface area contributed by atoms with Crippen LogP contribution < -0.4 is 4.74 Å². The molecule has 1 aliphatic rings. The molecule has 2 aromatic rings. The standard InChI is InChI=1S/C12H11NO3/c14-7-16-9-5-11-10(12(15)6-9)3-4-13(11)8-1-2-8/h3-8,15H,1-2H2. The first-order valence-corrected chi connectivity index (χ1v) is 5.23. The van der Waals surface area contributed by atoms with Gasteiger partial charge in [-0.15, -0.1) is 0 Å². The zero-order chi connectivity index (χ0) is 11.1. The van der Waals surface area contributed by atoms with Crippen LogP contribution in [0.2, 0.25) is 0 Å². The van der Waals surface area contributed by atoms with E-state index in [0.717, 1.165) is 10.9 Å². The molecule has 1 N–H and O–H groups in total. The van der Waals surface area contributed by atoms with Crippen molar-refractivity contribution < 1.29 is 14.6 Å². The third kappa shape index (κ3) is 1.34. The van der Waals surface area contributed by atoms with Gasteiger partial charge in [-0.2, -0.15) is 0 Å². The Bertz CT molecular complexity index is 555. The molecule has 0 amide bonds. The molecule has 0 atom stereocenters. The van der Waals surface area contributed by atoms with Crippen molar-refractivity contribution in [2.24, 2.45) is 0 Å². The summed E-state index contributed by atoms with van der Waals surface area (Å²) in [4.78, 5) is 10.3. The van der Waals surface area contributed by atoms with Crippen molar-refractivity contribution >= 4 is 17.4 Å². The van der Waals surface area contributed by atoms with Crippen LogP contribution in [0.4, 0.5) is 0 Å². The van der Waals surface area contributed by atoms with E-state index < -0.39 is 0 Å². The molecule has 16 heavy (non-hydrogen) atoms. The minimum atomic E-state index is 0.147. The Morgan fingerprint density at radius 1 is 1.44 bits per heavy atom. The molecule has 0 aliphatic heterocycles. The second kappa shape index (κ2) is 3.27. The first kappa shape index (κ1) is 9.27. The van der Waals surface area contributed by atoms with Gasteiger partial charge in [-0.3, -0.25) is 4.79 Å². The number of fused-ring (bicyclic) bond motifs is 1. The lowest BCUT2D eigenvalue weighted by molar-refractivity contribution is -0.120. The van der Waals surface area contributed by atoms with Crippen molar-refractivity contribution in [2.75, 3.05) is 0 Å². The van der Waals surface area contributed by atoms with Gasteiger partial charge in [0.05, 0.1) is 5.52 Å². The molecule has 1 saturated carbocycles. The molecule has 82 valence electrons. The maximum absolute atomic E-state index is 10.3. The van der Waals surface area contributed by atoms with Crippen LogP contribution in [0.15, 0.2) is 24.4 Å². The Morgan fingerprint density at radius 3 is 2.94 bits per heavy atom. The normalized spacial score (nSPS) is 15.2. The highest BCUT2D eigenvalue weighted by Gasteiger charge is 2.25. The minimum Gasteiger partial charge on any atom is -0.507 e. The predicted molar refractivity (Wildman–Crippen MR) is 58.6 cm³/mol. The Balaban J connectivity index is 2.19. The van der Waals surface area contributed by atoms with Gasteiger partial charge in [0, 0.05) is 29.8 Å². The lowest BCUT2D eigenvalue weighted by Gasteiger charge is -2.05. The number of aromatic nitrogens is 1. The average molecular weight is 217 g/mol. The molecule has 0 saturated heterocycles. The molecule has 0 radical (unpaired) electrons. The van der Waals surface area contributed by atoms with Gasteiger partial charge in [0.15, 0.2) is 0 Å². The van der Waals surface area contributed by atoms with Crippen LogP contribution in [0.1, 0.15) is 18.9 Å². The number of hydrogen-bond donors (Lipinski definition) is 1. The number of nitrogens with zero attached hydrogens (tertiary/aromatic N) is 1. The number of hydrogen-bond acceptors (Lipinski definition) is 3. The van der Waals surface area contributed by atoms with E-state index in [4.69, 9.17) is 4.74 Å². The Morgan fingerprint density at radius 2 is 2.25 bits per heavy atom. The van der Waals surface area contributed by atoms with Gasteiger partial charge in [-0.1, -0.05) is 0 Å². The number of phenolic OH excluding ortho intramolecular Hbond substituents is 1. The highest BCUT2D eigenvalue weighted by Crippen LogP contribution is 2.40. The van der Waals surface area contributed by atoms with Gasteiger partial charge in [-0.25, -0.2) is 0 Å². The van der Waals surface area contributed by atoms with E-state index in [9.17, 15) is 9.90 Å². The fourth-order valence-corrected chi connectivity index (χ4v) is 2.01. The molecule has 4 heteroatoms. The van der Waals surface area contributed by atoms with Gasteiger partial charge >= 0.3 is 0 Å². The van der Waals surface area contributed by atoms with Crippen LogP contribution in [-0.4, -0.2) is 16.1 Å². The SMILES string of the molecule is O=COc1cc(O)c2ccn(C3CC3)c2c1. The van der Waals surface area contributed by atoms with Crippen LogP contribution in [-0.2, 0) is 4.79 Å². The predicted octanol–water partition coefficient (Wildman–Crippen LogP) is 2.22.